The minimum absolute atomic E-state index is 0.0998. The van der Waals surface area contributed by atoms with Gasteiger partial charge in [0.2, 0.25) is 0 Å². The van der Waals surface area contributed by atoms with Gasteiger partial charge in [-0.1, -0.05) is 44.9 Å². The molecule has 0 aromatic carbocycles. The molecule has 3 saturated carbocycles. The van der Waals surface area contributed by atoms with Gasteiger partial charge in [-0.25, -0.2) is 0 Å². The minimum atomic E-state index is -2.02. The fourth-order valence-corrected chi connectivity index (χ4v) is 19.4. The molecule has 0 radical (unpaired) electrons. The van der Waals surface area contributed by atoms with E-state index in [2.05, 4.69) is 40.3 Å². The van der Waals surface area contributed by atoms with Crippen LogP contribution < -0.4 is 0 Å². The molecule has 11 rings (SSSR count). The van der Waals surface area contributed by atoms with Gasteiger partial charge in [0.05, 0.1) is 56.6 Å². The molecule has 13 N–H and O–H groups in total. The normalized spacial score (nSPS) is 50.3. The lowest BCUT2D eigenvalue weighted by molar-refractivity contribution is -0.390. The first-order valence-electron chi connectivity index (χ1n) is 35.5. The first kappa shape index (κ1) is 79.8. The molecule has 10 fully saturated rings. The second kappa shape index (κ2) is 31.1. The van der Waals surface area contributed by atoms with Crippen LogP contribution in [0.4, 0.5) is 0 Å². The van der Waals surface area contributed by atoms with E-state index in [9.17, 15) is 76.0 Å². The van der Waals surface area contributed by atoms with Gasteiger partial charge < -0.3 is 147 Å². The third kappa shape index (κ3) is 14.1. The monoisotopic (exact) mass is 1460 g/mol. The first-order valence-corrected chi connectivity index (χ1v) is 35.5. The summed E-state index contributed by atoms with van der Waals surface area (Å²) < 4.78 is 102. The van der Waals surface area contributed by atoms with E-state index in [0.29, 0.717) is 44.9 Å². The predicted octanol–water partition coefficient (Wildman–Crippen LogP) is -2.72. The molecule has 7 aliphatic heterocycles. The van der Waals surface area contributed by atoms with Gasteiger partial charge in [0.25, 0.3) is 0 Å². The molecule has 0 bridgehead atoms. The molecule has 7 saturated heterocycles. The second-order valence-electron chi connectivity index (χ2n) is 31.1. The van der Waals surface area contributed by atoms with Gasteiger partial charge in [-0.05, 0) is 100 Å². The van der Waals surface area contributed by atoms with Crippen LogP contribution in [0.15, 0.2) is 23.8 Å². The zero-order valence-electron chi connectivity index (χ0n) is 59.5. The van der Waals surface area contributed by atoms with E-state index < -0.39 is 268 Å². The van der Waals surface area contributed by atoms with Crippen molar-refractivity contribution in [2.75, 3.05) is 47.3 Å². The predicted molar refractivity (Wildman–Crippen MR) is 340 cm³/mol. The number of allylic oxidation sites excluding steroid dienone is 3. The minimum Gasteiger partial charge on any atom is -0.462 e. The number of methoxy groups -OCH3 is 2. The number of rotatable bonds is 22. The highest BCUT2D eigenvalue weighted by Gasteiger charge is 2.81. The highest BCUT2D eigenvalue weighted by molar-refractivity contribution is 5.84. The summed E-state index contributed by atoms with van der Waals surface area (Å²) in [4.78, 5) is 41.0. The first-order chi connectivity index (χ1) is 48.1. The number of ether oxygens (including phenoxy) is 17. The average Bonchev–Trinajstić information content (AvgIpc) is 1.48. The summed E-state index contributed by atoms with van der Waals surface area (Å²) in [5.41, 5.74) is -2.54. The summed E-state index contributed by atoms with van der Waals surface area (Å²) in [5, 5.41) is 145. The van der Waals surface area contributed by atoms with Crippen molar-refractivity contribution in [1.82, 2.24) is 0 Å². The van der Waals surface area contributed by atoms with Crippen LogP contribution in [-0.4, -0.2) is 321 Å². The molecule has 0 aromatic heterocycles. The van der Waals surface area contributed by atoms with Gasteiger partial charge in [-0.15, -0.1) is 6.58 Å². The lowest BCUT2D eigenvalue weighted by atomic mass is 9.41. The van der Waals surface area contributed by atoms with E-state index in [1.807, 2.05) is 6.92 Å². The van der Waals surface area contributed by atoms with Gasteiger partial charge >= 0.3 is 17.9 Å². The number of hydrogen-bond donors (Lipinski definition) is 13. The van der Waals surface area contributed by atoms with Gasteiger partial charge in [-0.3, -0.25) is 14.4 Å². The molecular weight excluding hydrogens is 1360 g/mol. The Morgan fingerprint density at radius 3 is 1.66 bits per heavy atom. The molecule has 4 aliphatic carbocycles. The lowest BCUT2D eigenvalue weighted by Crippen LogP contribution is -2.66. The van der Waals surface area contributed by atoms with Gasteiger partial charge in [0.15, 0.2) is 43.3 Å². The summed E-state index contributed by atoms with van der Waals surface area (Å²) >= 11 is 0. The average molecular weight is 1470 g/mol. The Balaban J connectivity index is 0.835. The number of aliphatic hydroxyl groups excluding tert-OH is 13. The van der Waals surface area contributed by atoms with E-state index in [0.717, 1.165) is 11.1 Å². The van der Waals surface area contributed by atoms with E-state index >= 15 is 4.79 Å². The van der Waals surface area contributed by atoms with Crippen molar-refractivity contribution in [3.05, 3.63) is 23.8 Å². The lowest BCUT2D eigenvalue weighted by Gasteiger charge is -2.63. The molecule has 102 heavy (non-hydrogen) atoms. The summed E-state index contributed by atoms with van der Waals surface area (Å²) in [6.45, 7) is 17.4. The van der Waals surface area contributed by atoms with Gasteiger partial charge in [0, 0.05) is 28.1 Å². The molecule has 37 atom stereocenters. The fourth-order valence-electron chi connectivity index (χ4n) is 19.4. The number of hydrogen-bond acceptors (Lipinski definition) is 33. The summed E-state index contributed by atoms with van der Waals surface area (Å²) in [6.07, 6.45) is -40.0. The molecule has 0 amide bonds. The van der Waals surface area contributed by atoms with E-state index in [1.54, 1.807) is 6.92 Å². The highest BCUT2D eigenvalue weighted by atomic mass is 16.8. The van der Waals surface area contributed by atoms with E-state index in [1.165, 1.54) is 35.0 Å². The molecule has 11 aliphatic rings. The standard InChI is InChI=1S/C69H108O33/c1-27(2)13-16-41(93-30(5)73)68(10)57-35(92-29(4)72)21-67(9)32-14-15-39-65(6,7)40(18-19-66(39,8)31(32)17-20-69(57,67)64(85)102-68)97-63-56(44(78)38(26-90-63)96-58-47(81)52(33(74)24-88-58)99-61-49(83)54(86-11)42(76)36(22-70)94-61)101-60-46(80)45(79)51(28(3)91-60)98-59-48(82)53(34(75)25-89-59)100-62-50(84)55(87-12)43(77)37(23-71)95-62/h17,28,32-63,70-71,74-84H,1,13-16,18-26H2,2-12H3. The molecule has 0 aromatic rings. The maximum absolute atomic E-state index is 15.1. The molecule has 33 nitrogen and oxygen atoms in total. The van der Waals surface area contributed by atoms with Crippen molar-refractivity contribution in [3.63, 3.8) is 0 Å². The summed E-state index contributed by atoms with van der Waals surface area (Å²) in [7, 11) is 2.41. The maximum Gasteiger partial charge on any atom is 0.314 e. The van der Waals surface area contributed by atoms with Crippen LogP contribution in [0, 0.1) is 39.4 Å². The largest absolute Gasteiger partial charge is 0.462 e. The molecule has 37 unspecified atom stereocenters. The van der Waals surface area contributed by atoms with Crippen molar-refractivity contribution in [1.29, 1.82) is 0 Å². The molecule has 1 spiro atoms. The SMILES string of the molecule is C=C(C)CCC(OC(C)=O)C1(C)OC(=O)C23CC=C4C(CCC5C4(C)CCC(OC4OCC(OC6OCC(O)C(OC7OC(CO)C(O)C(OC)C7O)C6O)C(O)C4OC4OC(C)C(OC6OCC(O)C(OC7OC(CO)C(O)C(OC)C7O)C6O)C(O)C4O)C5(C)C)C2(C)CC(OC(C)=O)C13. The Hall–Kier alpha value is -3.19. The molecule has 7 heterocycles. The Kier molecular flexibility index (Phi) is 24.3. The van der Waals surface area contributed by atoms with Crippen LogP contribution >= 0.6 is 0 Å². The number of cyclic esters (lactones) is 1. The Labute approximate surface area is 591 Å². The van der Waals surface area contributed by atoms with Crippen molar-refractivity contribution < 1.29 is 161 Å². The number of carbonyl (C=O) groups excluding carboxylic acids is 3. The third-order valence-electron chi connectivity index (χ3n) is 24.6. The molecular formula is C69H108O33. The van der Waals surface area contributed by atoms with Crippen LogP contribution in [0.3, 0.4) is 0 Å². The molecule has 33 heteroatoms. The Morgan fingerprint density at radius 2 is 1.12 bits per heavy atom. The maximum atomic E-state index is 15.1. The van der Waals surface area contributed by atoms with Crippen LogP contribution in [-0.2, 0) is 94.9 Å². The molecule has 582 valence electrons. The summed E-state index contributed by atoms with van der Waals surface area (Å²) in [6, 6.07) is 0. The van der Waals surface area contributed by atoms with Crippen LogP contribution in [0.5, 0.6) is 0 Å². The van der Waals surface area contributed by atoms with Crippen molar-refractivity contribution in [2.24, 2.45) is 39.4 Å². The van der Waals surface area contributed by atoms with E-state index in [-0.39, 0.29) is 18.3 Å². The second-order valence-corrected chi connectivity index (χ2v) is 31.1. The van der Waals surface area contributed by atoms with Crippen molar-refractivity contribution in [2.45, 2.75) is 304 Å². The van der Waals surface area contributed by atoms with Gasteiger partial charge in [-0.2, -0.15) is 0 Å². The third-order valence-corrected chi connectivity index (χ3v) is 24.6. The topological polar surface area (TPSA) is 471 Å². The number of esters is 3. The van der Waals surface area contributed by atoms with Crippen LogP contribution in [0.2, 0.25) is 0 Å². The van der Waals surface area contributed by atoms with Crippen LogP contribution in [0.25, 0.3) is 0 Å². The Bertz CT molecular complexity index is 2960. The summed E-state index contributed by atoms with van der Waals surface area (Å²) in [5.74, 6) is -2.46. The zero-order chi connectivity index (χ0) is 74.4. The van der Waals surface area contributed by atoms with Crippen molar-refractivity contribution in [3.8, 4) is 0 Å². The zero-order valence-corrected chi connectivity index (χ0v) is 59.5. The number of carbonyl (C=O) groups is 3. The van der Waals surface area contributed by atoms with Crippen molar-refractivity contribution >= 4 is 17.9 Å². The smallest absolute Gasteiger partial charge is 0.314 e. The number of aliphatic hydroxyl groups is 13. The quantitative estimate of drug-likeness (QED) is 0.0227. The number of fused-ring (bicyclic) bond motifs is 4. The van der Waals surface area contributed by atoms with Crippen LogP contribution in [0.1, 0.15) is 114 Å². The fraction of sp³-hybridized carbons (Fsp3) is 0.899. The Morgan fingerprint density at radius 1 is 0.588 bits per heavy atom. The van der Waals surface area contributed by atoms with Gasteiger partial charge in [0.1, 0.15) is 134 Å². The highest BCUT2D eigenvalue weighted by Crippen LogP contribution is 2.76. The van der Waals surface area contributed by atoms with E-state index in [4.69, 9.17) is 80.5 Å².